The van der Waals surface area contributed by atoms with E-state index in [1.807, 2.05) is 12.1 Å². The van der Waals surface area contributed by atoms with Crippen LogP contribution in [0.25, 0.3) is 0 Å². The van der Waals surface area contributed by atoms with Gasteiger partial charge < -0.3 is 15.0 Å². The highest BCUT2D eigenvalue weighted by Gasteiger charge is 2.33. The first-order chi connectivity index (χ1) is 19.2. The standard InChI is InChI=1S/C30H34BrN3O5S/c1-22(30(36)32-25-12-6-7-13-25)33(20-23-10-8-15-27(18-23)39-2)29(35)21-34(26-14-9-11-24(31)19-26)40(37,38)28-16-4-3-5-17-28/h3-5,8-11,14-19,22,25H,6-7,12-13,20-21H2,1-2H3,(H,32,36). The Hall–Kier alpha value is -3.37. The Balaban J connectivity index is 1.68. The number of nitrogens with zero attached hydrogens (tertiary/aromatic N) is 2. The summed E-state index contributed by atoms with van der Waals surface area (Å²) in [6.07, 6.45) is 3.94. The van der Waals surface area contributed by atoms with Gasteiger partial charge in [0.15, 0.2) is 0 Å². The number of amides is 2. The third-order valence-electron chi connectivity index (χ3n) is 7.06. The fourth-order valence-corrected chi connectivity index (χ4v) is 6.64. The van der Waals surface area contributed by atoms with Gasteiger partial charge in [-0.2, -0.15) is 0 Å². The number of hydrogen-bond donors (Lipinski definition) is 1. The summed E-state index contributed by atoms with van der Waals surface area (Å²) in [5, 5.41) is 3.08. The summed E-state index contributed by atoms with van der Waals surface area (Å²) in [6.45, 7) is 1.29. The first kappa shape index (κ1) is 29.6. The lowest BCUT2D eigenvalue weighted by Crippen LogP contribution is -2.52. The number of anilines is 1. The molecule has 1 aliphatic carbocycles. The molecule has 0 bridgehead atoms. The van der Waals surface area contributed by atoms with Crippen LogP contribution in [-0.2, 0) is 26.2 Å². The molecule has 0 heterocycles. The Labute approximate surface area is 244 Å². The van der Waals surface area contributed by atoms with Crippen molar-refractivity contribution in [1.29, 1.82) is 0 Å². The molecule has 0 aliphatic heterocycles. The van der Waals surface area contributed by atoms with Crippen LogP contribution in [0.15, 0.2) is 88.2 Å². The van der Waals surface area contributed by atoms with E-state index >= 15 is 0 Å². The van der Waals surface area contributed by atoms with Crippen LogP contribution in [0.1, 0.15) is 38.2 Å². The van der Waals surface area contributed by atoms with Crippen molar-refractivity contribution in [2.45, 2.75) is 56.1 Å². The number of benzene rings is 3. The van der Waals surface area contributed by atoms with Gasteiger partial charge in [-0.3, -0.25) is 13.9 Å². The first-order valence-corrected chi connectivity index (χ1v) is 15.5. The lowest BCUT2D eigenvalue weighted by Gasteiger charge is -2.32. The van der Waals surface area contributed by atoms with E-state index in [1.165, 1.54) is 17.0 Å². The van der Waals surface area contributed by atoms with Crippen LogP contribution in [0.2, 0.25) is 0 Å². The zero-order valence-corrected chi connectivity index (χ0v) is 25.0. The van der Waals surface area contributed by atoms with Gasteiger partial charge >= 0.3 is 0 Å². The van der Waals surface area contributed by atoms with E-state index in [0.29, 0.717) is 15.9 Å². The number of carbonyl (C=O) groups excluding carboxylic acids is 2. The van der Waals surface area contributed by atoms with Crippen molar-refractivity contribution in [3.63, 3.8) is 0 Å². The number of nitrogens with one attached hydrogen (secondary N) is 1. The van der Waals surface area contributed by atoms with Crippen molar-refractivity contribution >= 4 is 43.5 Å². The monoisotopic (exact) mass is 627 g/mol. The maximum Gasteiger partial charge on any atom is 0.264 e. The number of methoxy groups -OCH3 is 1. The minimum Gasteiger partial charge on any atom is -0.497 e. The molecule has 0 saturated heterocycles. The highest BCUT2D eigenvalue weighted by Crippen LogP contribution is 2.27. The Bertz CT molecular complexity index is 1430. The summed E-state index contributed by atoms with van der Waals surface area (Å²) in [5.74, 6) is -0.144. The molecule has 10 heteroatoms. The minimum atomic E-state index is -4.10. The zero-order chi connectivity index (χ0) is 28.7. The molecule has 1 saturated carbocycles. The van der Waals surface area contributed by atoms with Gasteiger partial charge in [-0.1, -0.05) is 65.2 Å². The van der Waals surface area contributed by atoms with E-state index in [-0.39, 0.29) is 23.4 Å². The van der Waals surface area contributed by atoms with Crippen molar-refractivity contribution in [3.05, 3.63) is 88.9 Å². The highest BCUT2D eigenvalue weighted by atomic mass is 79.9. The van der Waals surface area contributed by atoms with Crippen LogP contribution in [0.3, 0.4) is 0 Å². The first-order valence-electron chi connectivity index (χ1n) is 13.2. The predicted molar refractivity (Wildman–Crippen MR) is 159 cm³/mol. The van der Waals surface area contributed by atoms with Gasteiger partial charge in [0.1, 0.15) is 18.3 Å². The second-order valence-corrected chi connectivity index (χ2v) is 12.6. The number of carbonyl (C=O) groups is 2. The Morgan fingerprint density at radius 3 is 2.38 bits per heavy atom. The van der Waals surface area contributed by atoms with Gasteiger partial charge in [-0.25, -0.2) is 8.42 Å². The van der Waals surface area contributed by atoms with Gasteiger partial charge in [0, 0.05) is 17.1 Å². The highest BCUT2D eigenvalue weighted by molar-refractivity contribution is 9.10. The number of rotatable bonds is 11. The molecule has 0 spiro atoms. The third-order valence-corrected chi connectivity index (χ3v) is 9.34. The average Bonchev–Trinajstić information content (AvgIpc) is 3.47. The molecule has 40 heavy (non-hydrogen) atoms. The Kier molecular flexibility index (Phi) is 9.86. The molecule has 4 rings (SSSR count). The molecule has 1 aliphatic rings. The normalized spacial score (nSPS) is 14.4. The molecule has 1 unspecified atom stereocenters. The molecule has 1 atom stereocenters. The number of halogens is 1. The van der Waals surface area contributed by atoms with Crippen LogP contribution < -0.4 is 14.4 Å². The lowest BCUT2D eigenvalue weighted by atomic mass is 10.1. The fraction of sp³-hybridized carbons (Fsp3) is 0.333. The molecule has 0 radical (unpaired) electrons. The van der Waals surface area contributed by atoms with E-state index in [2.05, 4.69) is 21.2 Å². The topological polar surface area (TPSA) is 96.0 Å². The maximum atomic E-state index is 14.0. The quantitative estimate of drug-likeness (QED) is 0.318. The smallest absolute Gasteiger partial charge is 0.264 e. The zero-order valence-electron chi connectivity index (χ0n) is 22.6. The summed E-state index contributed by atoms with van der Waals surface area (Å²) in [6, 6.07) is 21.3. The summed E-state index contributed by atoms with van der Waals surface area (Å²) < 4.78 is 34.8. The van der Waals surface area contributed by atoms with E-state index < -0.39 is 28.5 Å². The molecule has 3 aromatic carbocycles. The molecular weight excluding hydrogens is 594 g/mol. The van der Waals surface area contributed by atoms with Crippen molar-refractivity contribution in [2.24, 2.45) is 0 Å². The molecule has 1 N–H and O–H groups in total. The van der Waals surface area contributed by atoms with E-state index in [0.717, 1.165) is 35.6 Å². The minimum absolute atomic E-state index is 0.0640. The van der Waals surface area contributed by atoms with E-state index in [1.54, 1.807) is 68.6 Å². The van der Waals surface area contributed by atoms with Gasteiger partial charge in [0.2, 0.25) is 11.8 Å². The van der Waals surface area contributed by atoms with Crippen molar-refractivity contribution in [1.82, 2.24) is 10.2 Å². The van der Waals surface area contributed by atoms with E-state index in [9.17, 15) is 18.0 Å². The van der Waals surface area contributed by atoms with Crippen molar-refractivity contribution in [2.75, 3.05) is 18.0 Å². The Morgan fingerprint density at radius 2 is 1.70 bits per heavy atom. The van der Waals surface area contributed by atoms with Crippen molar-refractivity contribution < 1.29 is 22.7 Å². The molecule has 3 aromatic rings. The van der Waals surface area contributed by atoms with Gasteiger partial charge in [0.05, 0.1) is 17.7 Å². The van der Waals surface area contributed by atoms with Gasteiger partial charge in [-0.15, -0.1) is 0 Å². The molecule has 8 nitrogen and oxygen atoms in total. The molecule has 0 aromatic heterocycles. The number of hydrogen-bond acceptors (Lipinski definition) is 5. The lowest BCUT2D eigenvalue weighted by molar-refractivity contribution is -0.139. The molecule has 1 fully saturated rings. The fourth-order valence-electron chi connectivity index (χ4n) is 4.82. The van der Waals surface area contributed by atoms with Gasteiger partial charge in [-0.05, 0) is 67.8 Å². The molecule has 212 valence electrons. The largest absolute Gasteiger partial charge is 0.497 e. The molecular formula is C30H34BrN3O5S. The van der Waals surface area contributed by atoms with Crippen molar-refractivity contribution in [3.8, 4) is 5.75 Å². The van der Waals surface area contributed by atoms with Gasteiger partial charge in [0.25, 0.3) is 10.0 Å². The maximum absolute atomic E-state index is 14.0. The second kappa shape index (κ2) is 13.3. The third kappa shape index (κ3) is 7.22. The van der Waals surface area contributed by atoms with Crippen LogP contribution in [0.5, 0.6) is 5.75 Å². The average molecular weight is 629 g/mol. The van der Waals surface area contributed by atoms with Crippen LogP contribution in [0.4, 0.5) is 5.69 Å². The summed E-state index contributed by atoms with van der Waals surface area (Å²) in [7, 11) is -2.54. The summed E-state index contributed by atoms with van der Waals surface area (Å²) in [4.78, 5) is 28.8. The number of sulfonamides is 1. The SMILES string of the molecule is COc1cccc(CN(C(=O)CN(c2cccc(Br)c2)S(=O)(=O)c2ccccc2)C(C)C(=O)NC2CCCC2)c1. The van der Waals surface area contributed by atoms with Crippen LogP contribution >= 0.6 is 15.9 Å². The summed E-state index contributed by atoms with van der Waals surface area (Å²) in [5.41, 5.74) is 1.09. The van der Waals surface area contributed by atoms with Crippen LogP contribution in [-0.4, -0.2) is 50.9 Å². The second-order valence-electron chi connectivity index (χ2n) is 9.84. The molecule has 2 amide bonds. The van der Waals surface area contributed by atoms with E-state index in [4.69, 9.17) is 4.74 Å². The predicted octanol–water partition coefficient (Wildman–Crippen LogP) is 5.13. The number of ether oxygens (including phenoxy) is 1. The van der Waals surface area contributed by atoms with Crippen LogP contribution in [0, 0.1) is 0 Å². The summed E-state index contributed by atoms with van der Waals surface area (Å²) >= 11 is 3.41. The Morgan fingerprint density at radius 1 is 1.00 bits per heavy atom.